The summed E-state index contributed by atoms with van der Waals surface area (Å²) in [5, 5.41) is 3.28. The number of amides is 1. The molecule has 1 aromatic rings. The van der Waals surface area contributed by atoms with E-state index in [1.807, 2.05) is 18.2 Å². The number of benzene rings is 1. The van der Waals surface area contributed by atoms with Gasteiger partial charge in [0.2, 0.25) is 0 Å². The Morgan fingerprint density at radius 2 is 2.07 bits per heavy atom. The predicted molar refractivity (Wildman–Crippen MR) is 57.0 cm³/mol. The first-order chi connectivity index (χ1) is 7.18. The minimum Gasteiger partial charge on any atom is -0.385 e. The van der Waals surface area contributed by atoms with Gasteiger partial charge < -0.3 is 5.73 Å². The molecule has 0 aliphatic heterocycles. The number of carbonyl (C=O) groups is 1. The van der Waals surface area contributed by atoms with Crippen molar-refractivity contribution < 1.29 is 9.63 Å². The maximum Gasteiger partial charge on any atom is 0.452 e. The van der Waals surface area contributed by atoms with E-state index in [4.69, 9.17) is 5.73 Å². The topological polar surface area (TPSA) is 88.7 Å². The molecule has 0 heterocycles. The lowest BCUT2D eigenvalue weighted by Crippen LogP contribution is -2.29. The zero-order chi connectivity index (χ0) is 11.1. The number of rotatable bonds is 3. The summed E-state index contributed by atoms with van der Waals surface area (Å²) in [5.74, 6) is 0.171. The van der Waals surface area contributed by atoms with Crippen LogP contribution in [0.3, 0.4) is 0 Å². The molecule has 0 atom stereocenters. The van der Waals surface area contributed by atoms with Crippen molar-refractivity contribution in [2.24, 2.45) is 10.9 Å². The maximum atomic E-state index is 11.0. The number of oxime groups is 1. The molecular weight excluding hydrogens is 196 g/mol. The lowest BCUT2D eigenvalue weighted by Gasteiger charge is -2.05. The van der Waals surface area contributed by atoms with Crippen LogP contribution < -0.4 is 16.6 Å². The monoisotopic (exact) mass is 208 g/mol. The highest BCUT2D eigenvalue weighted by atomic mass is 16.7. The average Bonchev–Trinajstić information content (AvgIpc) is 2.25. The van der Waals surface area contributed by atoms with Crippen molar-refractivity contribution >= 4 is 17.6 Å². The molecule has 1 aromatic carbocycles. The van der Waals surface area contributed by atoms with Crippen molar-refractivity contribution in [3.63, 3.8) is 0 Å². The van der Waals surface area contributed by atoms with Crippen LogP contribution in [-0.4, -0.2) is 11.9 Å². The van der Waals surface area contributed by atoms with Crippen LogP contribution in [0.4, 0.5) is 10.5 Å². The molecule has 0 spiro atoms. The molecule has 0 saturated carbocycles. The SMILES string of the molecule is C/C(N)=N/OC(=O)NNc1ccccc1. The number of nitrogens with one attached hydrogen (secondary N) is 2. The van der Waals surface area contributed by atoms with Crippen molar-refractivity contribution in [1.82, 2.24) is 5.43 Å². The highest BCUT2D eigenvalue weighted by Gasteiger charge is 1.99. The second-order valence-electron chi connectivity index (χ2n) is 2.73. The quantitative estimate of drug-likeness (QED) is 0.299. The van der Waals surface area contributed by atoms with Crippen molar-refractivity contribution in [2.45, 2.75) is 6.92 Å². The van der Waals surface area contributed by atoms with E-state index in [2.05, 4.69) is 20.8 Å². The van der Waals surface area contributed by atoms with Gasteiger partial charge in [-0.3, -0.25) is 10.3 Å². The molecule has 0 saturated heterocycles. The average molecular weight is 208 g/mol. The molecule has 0 radical (unpaired) electrons. The normalized spacial score (nSPS) is 10.6. The van der Waals surface area contributed by atoms with Gasteiger partial charge in [0.05, 0.1) is 5.69 Å². The lowest BCUT2D eigenvalue weighted by atomic mass is 10.3. The smallest absolute Gasteiger partial charge is 0.385 e. The van der Waals surface area contributed by atoms with Crippen LogP contribution in [0.5, 0.6) is 0 Å². The minimum atomic E-state index is -0.733. The third-order valence-electron chi connectivity index (χ3n) is 1.36. The second-order valence-corrected chi connectivity index (χ2v) is 2.73. The summed E-state index contributed by atoms with van der Waals surface area (Å²) in [7, 11) is 0. The van der Waals surface area contributed by atoms with Gasteiger partial charge in [0.25, 0.3) is 0 Å². The van der Waals surface area contributed by atoms with Crippen LogP contribution in [0.1, 0.15) is 6.92 Å². The molecule has 0 bridgehead atoms. The van der Waals surface area contributed by atoms with Crippen molar-refractivity contribution in [2.75, 3.05) is 5.43 Å². The molecule has 0 aliphatic carbocycles. The van der Waals surface area contributed by atoms with Gasteiger partial charge in [-0.25, -0.2) is 10.2 Å². The molecule has 15 heavy (non-hydrogen) atoms. The molecule has 1 rings (SSSR count). The first-order valence-corrected chi connectivity index (χ1v) is 4.26. The summed E-state index contributed by atoms with van der Waals surface area (Å²) in [4.78, 5) is 15.3. The Kier molecular flexibility index (Phi) is 3.96. The van der Waals surface area contributed by atoms with Crippen LogP contribution in [0.2, 0.25) is 0 Å². The number of carbonyl (C=O) groups excluding carboxylic acids is 1. The summed E-state index contributed by atoms with van der Waals surface area (Å²) in [6.45, 7) is 1.51. The molecule has 0 fully saturated rings. The molecular formula is C9H12N4O2. The number of hydrazine groups is 1. The van der Waals surface area contributed by atoms with Gasteiger partial charge in [-0.2, -0.15) is 0 Å². The fourth-order valence-corrected chi connectivity index (χ4v) is 0.781. The molecule has 0 aromatic heterocycles. The highest BCUT2D eigenvalue weighted by molar-refractivity contribution is 5.78. The molecule has 0 aliphatic rings. The number of anilines is 1. The van der Waals surface area contributed by atoms with Gasteiger partial charge in [0.1, 0.15) is 5.84 Å². The van der Waals surface area contributed by atoms with Crippen molar-refractivity contribution in [3.05, 3.63) is 30.3 Å². The van der Waals surface area contributed by atoms with Gasteiger partial charge in [0.15, 0.2) is 0 Å². The lowest BCUT2D eigenvalue weighted by molar-refractivity contribution is 0.152. The fourth-order valence-electron chi connectivity index (χ4n) is 0.781. The Morgan fingerprint density at radius 3 is 2.67 bits per heavy atom. The van der Waals surface area contributed by atoms with E-state index in [1.165, 1.54) is 6.92 Å². The Hall–Kier alpha value is -2.24. The summed E-state index contributed by atoms with van der Waals surface area (Å²) < 4.78 is 0. The molecule has 1 amide bonds. The molecule has 6 nitrogen and oxygen atoms in total. The summed E-state index contributed by atoms with van der Waals surface area (Å²) in [5.41, 5.74) is 10.8. The van der Waals surface area contributed by atoms with Crippen LogP contribution >= 0.6 is 0 Å². The number of amidine groups is 1. The Labute approximate surface area is 87.1 Å². The van der Waals surface area contributed by atoms with E-state index in [0.29, 0.717) is 0 Å². The standard InChI is InChI=1S/C9H12N4O2/c1-7(10)13-15-9(14)12-11-8-5-3-2-4-6-8/h2-6,11H,1H3,(H2,10,13)(H,12,14). The molecule has 80 valence electrons. The second kappa shape index (κ2) is 5.48. The van der Waals surface area contributed by atoms with Crippen LogP contribution in [0.25, 0.3) is 0 Å². The summed E-state index contributed by atoms with van der Waals surface area (Å²) in [6.07, 6.45) is -0.733. The van der Waals surface area contributed by atoms with E-state index in [0.717, 1.165) is 5.69 Å². The third-order valence-corrected chi connectivity index (χ3v) is 1.36. The van der Waals surface area contributed by atoms with Crippen LogP contribution in [0.15, 0.2) is 35.5 Å². The highest BCUT2D eigenvalue weighted by Crippen LogP contribution is 2.02. The van der Waals surface area contributed by atoms with E-state index < -0.39 is 6.09 Å². The van der Waals surface area contributed by atoms with Gasteiger partial charge in [-0.15, -0.1) is 0 Å². The summed E-state index contributed by atoms with van der Waals surface area (Å²) in [6, 6.07) is 9.11. The third kappa shape index (κ3) is 4.51. The summed E-state index contributed by atoms with van der Waals surface area (Å²) >= 11 is 0. The first-order valence-electron chi connectivity index (χ1n) is 4.26. The Bertz CT molecular complexity index is 346. The van der Waals surface area contributed by atoms with Gasteiger partial charge in [-0.1, -0.05) is 23.4 Å². The maximum absolute atomic E-state index is 11.0. The zero-order valence-electron chi connectivity index (χ0n) is 8.23. The Morgan fingerprint density at radius 1 is 1.40 bits per heavy atom. The number of hydrogen-bond donors (Lipinski definition) is 3. The van der Waals surface area contributed by atoms with Gasteiger partial charge in [-0.05, 0) is 19.1 Å². The molecule has 6 heteroatoms. The van der Waals surface area contributed by atoms with Crippen molar-refractivity contribution in [1.29, 1.82) is 0 Å². The Balaban J connectivity index is 2.32. The molecule has 4 N–H and O–H groups in total. The van der Waals surface area contributed by atoms with Gasteiger partial charge >= 0.3 is 6.09 Å². The number of para-hydroxylation sites is 1. The van der Waals surface area contributed by atoms with Crippen LogP contribution in [0, 0.1) is 0 Å². The predicted octanol–water partition coefficient (Wildman–Crippen LogP) is 1.03. The van der Waals surface area contributed by atoms with E-state index in [1.54, 1.807) is 12.1 Å². The van der Waals surface area contributed by atoms with Crippen molar-refractivity contribution in [3.8, 4) is 0 Å². The zero-order valence-corrected chi connectivity index (χ0v) is 8.23. The van der Waals surface area contributed by atoms with Crippen LogP contribution in [-0.2, 0) is 4.84 Å². The number of hydrogen-bond acceptors (Lipinski definition) is 4. The van der Waals surface area contributed by atoms with Gasteiger partial charge in [0, 0.05) is 0 Å². The van der Waals surface area contributed by atoms with E-state index in [9.17, 15) is 4.79 Å². The molecule has 0 unspecified atom stereocenters. The fraction of sp³-hybridized carbons (Fsp3) is 0.111. The van der Waals surface area contributed by atoms with E-state index in [-0.39, 0.29) is 5.84 Å². The largest absolute Gasteiger partial charge is 0.452 e. The first kappa shape index (κ1) is 10.8. The minimum absolute atomic E-state index is 0.171. The number of nitrogens with zero attached hydrogens (tertiary/aromatic N) is 1. The van der Waals surface area contributed by atoms with E-state index >= 15 is 0 Å². The number of nitrogens with two attached hydrogens (primary N) is 1.